The molecule has 0 bridgehead atoms. The third kappa shape index (κ3) is 1.45. The molecule has 5 nitrogen and oxygen atoms in total. The van der Waals surface area contributed by atoms with E-state index >= 15 is 0 Å². The minimum Gasteiger partial charge on any atom is -0.507 e. The highest BCUT2D eigenvalue weighted by Gasteiger charge is 2.58. The van der Waals surface area contributed by atoms with Crippen molar-refractivity contribution in [1.29, 1.82) is 0 Å². The van der Waals surface area contributed by atoms with Crippen LogP contribution in [0.1, 0.15) is 27.0 Å². The minimum atomic E-state index is -1.74. The number of carbonyl (C=O) groups is 1. The molecule has 0 aromatic heterocycles. The molecule has 1 unspecified atom stereocenters. The van der Waals surface area contributed by atoms with Gasteiger partial charge >= 0.3 is 0 Å². The summed E-state index contributed by atoms with van der Waals surface area (Å²) in [5.41, 5.74) is 0.941. The number of carbonyl (C=O) groups excluding carboxylic acids is 1. The Morgan fingerprint density at radius 1 is 1.16 bits per heavy atom. The van der Waals surface area contributed by atoms with E-state index in [1.54, 1.807) is 30.3 Å². The second kappa shape index (κ2) is 4.32. The molecule has 5 rings (SSSR count). The smallest absolute Gasteiger partial charge is 0.265 e. The molecule has 0 fully saturated rings. The van der Waals surface area contributed by atoms with Crippen molar-refractivity contribution in [2.45, 2.75) is 12.6 Å². The van der Waals surface area contributed by atoms with E-state index in [4.69, 9.17) is 4.74 Å². The van der Waals surface area contributed by atoms with Crippen molar-refractivity contribution in [3.8, 4) is 11.5 Å². The lowest BCUT2D eigenvalue weighted by Gasteiger charge is -2.28. The van der Waals surface area contributed by atoms with Crippen molar-refractivity contribution in [3.05, 3.63) is 64.7 Å². The van der Waals surface area contributed by atoms with E-state index in [-0.39, 0.29) is 11.7 Å². The first-order valence-corrected chi connectivity index (χ1v) is 7.99. The molecule has 0 saturated heterocycles. The Balaban J connectivity index is 1.97. The standard InChI is InChI=1S/C20H15NO4/c1-10-8-11-6-7-14(22)18-16(11)13(9-10)21-19(23)17-12(20(18,21)24)4-3-5-15(17)25-2/h3-9,22,24H,1-2H3. The quantitative estimate of drug-likeness (QED) is 0.718. The number of aromatic hydroxyl groups is 1. The van der Waals surface area contributed by atoms with Gasteiger partial charge < -0.3 is 14.9 Å². The maximum atomic E-state index is 13.2. The van der Waals surface area contributed by atoms with Crippen LogP contribution in [0.2, 0.25) is 0 Å². The van der Waals surface area contributed by atoms with Crippen molar-refractivity contribution in [3.63, 3.8) is 0 Å². The Morgan fingerprint density at radius 2 is 1.96 bits per heavy atom. The van der Waals surface area contributed by atoms with Gasteiger partial charge in [0.15, 0.2) is 0 Å². The summed E-state index contributed by atoms with van der Waals surface area (Å²) in [6.07, 6.45) is 0. The summed E-state index contributed by atoms with van der Waals surface area (Å²) in [4.78, 5) is 14.6. The van der Waals surface area contributed by atoms with Gasteiger partial charge in [-0.25, -0.2) is 0 Å². The molecular formula is C20H15NO4. The number of methoxy groups -OCH3 is 1. The highest BCUT2D eigenvalue weighted by atomic mass is 16.5. The lowest BCUT2D eigenvalue weighted by Crippen LogP contribution is -2.41. The molecule has 1 atom stereocenters. The van der Waals surface area contributed by atoms with Crippen LogP contribution in [-0.2, 0) is 5.72 Å². The first kappa shape index (κ1) is 14.3. The third-order valence-electron chi connectivity index (χ3n) is 5.17. The highest BCUT2D eigenvalue weighted by Crippen LogP contribution is 2.58. The second-order valence-electron chi connectivity index (χ2n) is 6.54. The van der Waals surface area contributed by atoms with E-state index in [1.165, 1.54) is 12.0 Å². The van der Waals surface area contributed by atoms with E-state index in [9.17, 15) is 15.0 Å². The van der Waals surface area contributed by atoms with Crippen LogP contribution < -0.4 is 9.64 Å². The zero-order valence-corrected chi connectivity index (χ0v) is 13.7. The van der Waals surface area contributed by atoms with Crippen LogP contribution in [0.3, 0.4) is 0 Å². The predicted octanol–water partition coefficient (Wildman–Crippen LogP) is 3.03. The third-order valence-corrected chi connectivity index (χ3v) is 5.17. The van der Waals surface area contributed by atoms with Gasteiger partial charge in [-0.05, 0) is 36.1 Å². The number of amides is 1. The summed E-state index contributed by atoms with van der Waals surface area (Å²) in [6, 6.07) is 12.3. The van der Waals surface area contributed by atoms with Crippen LogP contribution in [0, 0.1) is 6.92 Å². The van der Waals surface area contributed by atoms with Crippen molar-refractivity contribution in [1.82, 2.24) is 0 Å². The molecule has 5 heteroatoms. The monoisotopic (exact) mass is 333 g/mol. The first-order chi connectivity index (χ1) is 12.0. The first-order valence-electron chi connectivity index (χ1n) is 7.99. The summed E-state index contributed by atoms with van der Waals surface area (Å²) in [5.74, 6) is 0.0368. The molecule has 0 radical (unpaired) electrons. The Kier molecular flexibility index (Phi) is 2.47. The lowest BCUT2D eigenvalue weighted by molar-refractivity contribution is 0.0727. The number of aliphatic hydroxyl groups is 1. The predicted molar refractivity (Wildman–Crippen MR) is 93.2 cm³/mol. The molecule has 3 aromatic rings. The zero-order valence-electron chi connectivity index (χ0n) is 13.7. The average Bonchev–Trinajstić information content (AvgIpc) is 2.99. The van der Waals surface area contributed by atoms with Crippen LogP contribution in [0.25, 0.3) is 10.8 Å². The molecule has 2 aliphatic heterocycles. The van der Waals surface area contributed by atoms with E-state index < -0.39 is 5.72 Å². The summed E-state index contributed by atoms with van der Waals surface area (Å²) in [7, 11) is 1.49. The zero-order chi connectivity index (χ0) is 17.5. The van der Waals surface area contributed by atoms with Crippen molar-refractivity contribution < 1.29 is 19.7 Å². The van der Waals surface area contributed by atoms with E-state index in [2.05, 4.69) is 0 Å². The van der Waals surface area contributed by atoms with Crippen molar-refractivity contribution in [2.75, 3.05) is 12.0 Å². The van der Waals surface area contributed by atoms with Crippen LogP contribution in [0.4, 0.5) is 5.69 Å². The molecule has 1 amide bonds. The summed E-state index contributed by atoms with van der Waals surface area (Å²) in [6.45, 7) is 1.94. The maximum Gasteiger partial charge on any atom is 0.265 e. The molecule has 0 saturated carbocycles. The van der Waals surface area contributed by atoms with Crippen LogP contribution in [-0.4, -0.2) is 23.2 Å². The van der Waals surface area contributed by atoms with Gasteiger partial charge in [-0.1, -0.05) is 24.3 Å². The Hall–Kier alpha value is -3.05. The SMILES string of the molecule is COc1cccc2c1C(=O)N1c3cc(C)cc4ccc(O)c(c34)C21O. The summed E-state index contributed by atoms with van der Waals surface area (Å²) in [5, 5.41) is 23.8. The number of hydrogen-bond donors (Lipinski definition) is 2. The molecule has 0 aliphatic carbocycles. The number of aryl methyl sites for hydroxylation is 1. The average molecular weight is 333 g/mol. The number of ether oxygens (including phenoxy) is 1. The Labute approximate surface area is 143 Å². The van der Waals surface area contributed by atoms with Crippen molar-refractivity contribution >= 4 is 22.4 Å². The minimum absolute atomic E-state index is 0.0360. The highest BCUT2D eigenvalue weighted by molar-refractivity contribution is 6.21. The summed E-state index contributed by atoms with van der Waals surface area (Å²) < 4.78 is 5.33. The molecule has 2 heterocycles. The second-order valence-corrected chi connectivity index (χ2v) is 6.54. The number of phenolic OH excluding ortho intramolecular Hbond substituents is 1. The van der Waals surface area contributed by atoms with Gasteiger partial charge in [-0.15, -0.1) is 0 Å². The fraction of sp³-hybridized carbons (Fsp3) is 0.150. The van der Waals surface area contributed by atoms with Crippen LogP contribution in [0.15, 0.2) is 42.5 Å². The normalized spacial score (nSPS) is 20.1. The number of phenols is 1. The fourth-order valence-electron chi connectivity index (χ4n) is 4.23. The maximum absolute atomic E-state index is 13.2. The lowest BCUT2D eigenvalue weighted by atomic mass is 9.91. The Morgan fingerprint density at radius 3 is 2.72 bits per heavy atom. The topological polar surface area (TPSA) is 70.0 Å². The molecule has 2 aliphatic rings. The largest absolute Gasteiger partial charge is 0.507 e. The van der Waals surface area contributed by atoms with Crippen LogP contribution >= 0.6 is 0 Å². The van der Waals surface area contributed by atoms with Gasteiger partial charge in [0.2, 0.25) is 5.72 Å². The number of benzene rings is 3. The van der Waals surface area contributed by atoms with E-state index in [0.29, 0.717) is 33.5 Å². The summed E-state index contributed by atoms with van der Waals surface area (Å²) >= 11 is 0. The number of rotatable bonds is 1. The number of hydrogen-bond acceptors (Lipinski definition) is 4. The molecule has 124 valence electrons. The molecule has 0 spiro atoms. The Bertz CT molecular complexity index is 1100. The number of fused-ring (bicyclic) bond motifs is 5. The van der Waals surface area contributed by atoms with Gasteiger partial charge in [-0.2, -0.15) is 0 Å². The molecule has 25 heavy (non-hydrogen) atoms. The number of anilines is 1. The van der Waals surface area contributed by atoms with Crippen LogP contribution in [0.5, 0.6) is 11.5 Å². The molecule has 3 aromatic carbocycles. The van der Waals surface area contributed by atoms with E-state index in [1.807, 2.05) is 19.1 Å². The number of nitrogens with zero attached hydrogens (tertiary/aromatic N) is 1. The van der Waals surface area contributed by atoms with Gasteiger partial charge in [0.05, 0.1) is 23.9 Å². The van der Waals surface area contributed by atoms with Gasteiger partial charge in [0.25, 0.3) is 5.91 Å². The molecule has 2 N–H and O–H groups in total. The van der Waals surface area contributed by atoms with Gasteiger partial charge in [-0.3, -0.25) is 9.69 Å². The fourth-order valence-corrected chi connectivity index (χ4v) is 4.23. The van der Waals surface area contributed by atoms with Gasteiger partial charge in [0, 0.05) is 10.9 Å². The van der Waals surface area contributed by atoms with E-state index in [0.717, 1.165) is 10.9 Å². The molecular weight excluding hydrogens is 318 g/mol. The van der Waals surface area contributed by atoms with Gasteiger partial charge in [0.1, 0.15) is 11.5 Å². The van der Waals surface area contributed by atoms with Crippen molar-refractivity contribution in [2.24, 2.45) is 0 Å².